The summed E-state index contributed by atoms with van der Waals surface area (Å²) in [4.78, 5) is 13.1. The van der Waals surface area contributed by atoms with E-state index in [4.69, 9.17) is 14.7 Å². The van der Waals surface area contributed by atoms with Crippen molar-refractivity contribution in [2.24, 2.45) is 5.16 Å². The van der Waals surface area contributed by atoms with E-state index >= 15 is 0 Å². The summed E-state index contributed by atoms with van der Waals surface area (Å²) in [6.07, 6.45) is 2.56. The summed E-state index contributed by atoms with van der Waals surface area (Å²) in [6, 6.07) is 20.7. The monoisotopic (exact) mass is 401 g/mol. The maximum atomic E-state index is 13.1. The van der Waals surface area contributed by atoms with Crippen LogP contribution in [0.3, 0.4) is 0 Å². The van der Waals surface area contributed by atoms with Crippen molar-refractivity contribution < 1.29 is 14.7 Å². The van der Waals surface area contributed by atoms with Gasteiger partial charge in [-0.3, -0.25) is 4.79 Å². The fourth-order valence-electron chi connectivity index (χ4n) is 3.21. The van der Waals surface area contributed by atoms with Crippen LogP contribution in [0.2, 0.25) is 0 Å². The molecule has 0 aliphatic heterocycles. The van der Waals surface area contributed by atoms with Gasteiger partial charge in [-0.2, -0.15) is 5.10 Å². The second-order valence-electron chi connectivity index (χ2n) is 6.55. The van der Waals surface area contributed by atoms with Gasteiger partial charge >= 0.3 is 5.56 Å². The molecular formula is C23H19N3O4. The van der Waals surface area contributed by atoms with E-state index in [-0.39, 0.29) is 17.9 Å². The summed E-state index contributed by atoms with van der Waals surface area (Å²) in [5, 5.41) is 18.3. The highest BCUT2D eigenvalue weighted by molar-refractivity contribution is 5.85. The van der Waals surface area contributed by atoms with Crippen molar-refractivity contribution in [3.8, 4) is 17.2 Å². The molecule has 150 valence electrons. The van der Waals surface area contributed by atoms with Crippen molar-refractivity contribution in [2.75, 3.05) is 7.11 Å². The third-order valence-corrected chi connectivity index (χ3v) is 4.70. The second-order valence-corrected chi connectivity index (χ2v) is 6.55. The number of benzene rings is 3. The molecule has 0 amide bonds. The normalized spacial score (nSPS) is 11.1. The maximum absolute atomic E-state index is 13.1. The Morgan fingerprint density at radius 1 is 1.03 bits per heavy atom. The number of aromatic nitrogens is 2. The molecule has 0 saturated carbocycles. The molecule has 4 aromatic rings. The summed E-state index contributed by atoms with van der Waals surface area (Å²) in [6.45, 7) is 0.274. The summed E-state index contributed by atoms with van der Waals surface area (Å²) >= 11 is 0. The Balaban J connectivity index is 1.74. The third-order valence-electron chi connectivity index (χ3n) is 4.70. The van der Waals surface area contributed by atoms with Crippen molar-refractivity contribution in [2.45, 2.75) is 6.54 Å². The van der Waals surface area contributed by atoms with Crippen LogP contribution in [0.25, 0.3) is 10.8 Å². The van der Waals surface area contributed by atoms with Crippen molar-refractivity contribution in [3.63, 3.8) is 0 Å². The fraction of sp³-hybridized carbons (Fsp3) is 0.0870. The average molecular weight is 401 g/mol. The molecule has 7 heteroatoms. The van der Waals surface area contributed by atoms with Crippen LogP contribution < -0.4 is 15.0 Å². The van der Waals surface area contributed by atoms with Crippen molar-refractivity contribution >= 4 is 17.0 Å². The minimum absolute atomic E-state index is 0.0215. The van der Waals surface area contributed by atoms with Crippen LogP contribution in [0, 0.1) is 0 Å². The zero-order valence-corrected chi connectivity index (χ0v) is 16.2. The fourth-order valence-corrected chi connectivity index (χ4v) is 3.21. The summed E-state index contributed by atoms with van der Waals surface area (Å²) in [5.74, 6) is 1.14. The Morgan fingerprint density at radius 3 is 2.53 bits per heavy atom. The lowest BCUT2D eigenvalue weighted by Gasteiger charge is -2.12. The molecule has 7 nitrogen and oxygen atoms in total. The minimum atomic E-state index is -0.434. The number of rotatable bonds is 6. The van der Waals surface area contributed by atoms with Gasteiger partial charge in [0.15, 0.2) is 0 Å². The van der Waals surface area contributed by atoms with Crippen LogP contribution in [0.15, 0.2) is 82.9 Å². The number of oxime groups is 1. The lowest BCUT2D eigenvalue weighted by molar-refractivity contribution is 0.321. The smallest absolute Gasteiger partial charge is 0.310 e. The molecule has 0 fully saturated rings. The number of methoxy groups -OCH3 is 1. The standard InChI is InChI=1S/C23H19N3O4/c1-29-19-9-11-20(12-10-19)30-22-18(14-25-28)13-24-26(23(22)27)15-17-7-4-6-16-5-2-3-8-21(16)17/h2-14,28H,15H2,1H3/b25-14-. The number of fused-ring (bicyclic) bond motifs is 1. The summed E-state index contributed by atoms with van der Waals surface area (Å²) < 4.78 is 12.3. The first-order chi connectivity index (χ1) is 14.7. The van der Waals surface area contributed by atoms with Gasteiger partial charge in [0.2, 0.25) is 5.75 Å². The molecule has 0 saturated heterocycles. The molecule has 1 N–H and O–H groups in total. The Kier molecular flexibility index (Phi) is 5.43. The Morgan fingerprint density at radius 2 is 1.77 bits per heavy atom. The van der Waals surface area contributed by atoms with Crippen LogP contribution in [-0.4, -0.2) is 28.3 Å². The van der Waals surface area contributed by atoms with E-state index in [0.29, 0.717) is 11.5 Å². The van der Waals surface area contributed by atoms with Gasteiger partial charge in [0, 0.05) is 0 Å². The van der Waals surface area contributed by atoms with Gasteiger partial charge in [-0.25, -0.2) is 4.68 Å². The second kappa shape index (κ2) is 8.48. The van der Waals surface area contributed by atoms with Crippen molar-refractivity contribution in [1.82, 2.24) is 9.78 Å². The van der Waals surface area contributed by atoms with Gasteiger partial charge in [-0.1, -0.05) is 47.6 Å². The zero-order chi connectivity index (χ0) is 20.9. The van der Waals surface area contributed by atoms with E-state index in [9.17, 15) is 4.79 Å². The van der Waals surface area contributed by atoms with Gasteiger partial charge in [-0.15, -0.1) is 0 Å². The molecule has 4 rings (SSSR count). The Labute approximate surface area is 172 Å². The topological polar surface area (TPSA) is 85.9 Å². The van der Waals surface area contributed by atoms with E-state index in [0.717, 1.165) is 22.6 Å². The quantitative estimate of drug-likeness (QED) is 0.299. The number of nitrogens with zero attached hydrogens (tertiary/aromatic N) is 3. The van der Waals surface area contributed by atoms with E-state index in [1.807, 2.05) is 42.5 Å². The molecule has 0 aliphatic carbocycles. The molecule has 0 unspecified atom stereocenters. The van der Waals surface area contributed by atoms with Crippen LogP contribution in [0.5, 0.6) is 17.2 Å². The summed E-state index contributed by atoms with van der Waals surface area (Å²) in [7, 11) is 1.57. The molecule has 1 heterocycles. The Bertz CT molecular complexity index is 1260. The highest BCUT2D eigenvalue weighted by Gasteiger charge is 2.14. The van der Waals surface area contributed by atoms with E-state index < -0.39 is 5.56 Å². The third kappa shape index (κ3) is 3.86. The number of hydrogen-bond acceptors (Lipinski definition) is 6. The molecule has 0 bridgehead atoms. The van der Waals surface area contributed by atoms with Crippen molar-refractivity contribution in [3.05, 3.63) is 94.4 Å². The molecule has 30 heavy (non-hydrogen) atoms. The molecule has 1 aromatic heterocycles. The van der Waals surface area contributed by atoms with Crippen LogP contribution in [0.1, 0.15) is 11.1 Å². The van der Waals surface area contributed by atoms with Gasteiger partial charge in [0.05, 0.1) is 31.6 Å². The van der Waals surface area contributed by atoms with E-state index in [2.05, 4.69) is 10.3 Å². The highest BCUT2D eigenvalue weighted by Crippen LogP contribution is 2.24. The van der Waals surface area contributed by atoms with E-state index in [1.165, 1.54) is 10.9 Å². The number of hydrogen-bond donors (Lipinski definition) is 1. The van der Waals surface area contributed by atoms with Crippen LogP contribution in [0.4, 0.5) is 0 Å². The minimum Gasteiger partial charge on any atom is -0.497 e. The first kappa shape index (κ1) is 19.2. The van der Waals surface area contributed by atoms with Crippen LogP contribution >= 0.6 is 0 Å². The van der Waals surface area contributed by atoms with Gasteiger partial charge in [-0.05, 0) is 40.6 Å². The molecule has 3 aromatic carbocycles. The van der Waals surface area contributed by atoms with Gasteiger partial charge in [0.25, 0.3) is 0 Å². The number of ether oxygens (including phenoxy) is 2. The largest absolute Gasteiger partial charge is 0.497 e. The van der Waals surface area contributed by atoms with Crippen molar-refractivity contribution in [1.29, 1.82) is 0 Å². The highest BCUT2D eigenvalue weighted by atomic mass is 16.5. The zero-order valence-electron chi connectivity index (χ0n) is 16.2. The average Bonchev–Trinajstić information content (AvgIpc) is 2.79. The predicted octanol–water partition coefficient (Wildman–Crippen LogP) is 4.05. The molecule has 0 spiro atoms. The molecular weight excluding hydrogens is 382 g/mol. The van der Waals surface area contributed by atoms with E-state index in [1.54, 1.807) is 31.4 Å². The maximum Gasteiger partial charge on any atom is 0.310 e. The predicted molar refractivity (Wildman–Crippen MR) is 114 cm³/mol. The molecule has 0 aliphatic rings. The first-order valence-electron chi connectivity index (χ1n) is 9.25. The van der Waals surface area contributed by atoms with Gasteiger partial charge in [0.1, 0.15) is 11.5 Å². The SMILES string of the molecule is COc1ccc(Oc2c(/C=N\O)cnn(Cc3cccc4ccccc34)c2=O)cc1. The molecule has 0 atom stereocenters. The first-order valence-corrected chi connectivity index (χ1v) is 9.25. The lowest BCUT2D eigenvalue weighted by atomic mass is 10.0. The lowest BCUT2D eigenvalue weighted by Crippen LogP contribution is -2.25. The van der Waals surface area contributed by atoms with Crippen LogP contribution in [-0.2, 0) is 6.54 Å². The molecule has 0 radical (unpaired) electrons. The Hall–Kier alpha value is -4.13. The summed E-state index contributed by atoms with van der Waals surface area (Å²) in [5.41, 5.74) is 0.797. The van der Waals surface area contributed by atoms with Gasteiger partial charge < -0.3 is 14.7 Å².